The summed E-state index contributed by atoms with van der Waals surface area (Å²) in [6.07, 6.45) is 7.47. The number of anilines is 1. The van der Waals surface area contributed by atoms with Crippen LogP contribution in [0.3, 0.4) is 0 Å². The molecule has 3 aliphatic heterocycles. The van der Waals surface area contributed by atoms with Crippen LogP contribution in [0.25, 0.3) is 39.2 Å². The number of fused-ring (bicyclic) bond motifs is 7. The molecule has 1 N–H and O–H groups in total. The Hall–Kier alpha value is -3.99. The van der Waals surface area contributed by atoms with Crippen molar-refractivity contribution < 1.29 is 23.4 Å². The summed E-state index contributed by atoms with van der Waals surface area (Å²) in [6, 6.07) is 7.85. The van der Waals surface area contributed by atoms with Crippen molar-refractivity contribution in [1.29, 1.82) is 0 Å². The lowest BCUT2D eigenvalue weighted by Gasteiger charge is -2.32. The monoisotopic (exact) mass is 723 g/mol. The Bertz CT molecular complexity index is 2100. The molecule has 0 amide bonds. The van der Waals surface area contributed by atoms with Crippen LogP contribution in [-0.2, 0) is 16.6 Å². The summed E-state index contributed by atoms with van der Waals surface area (Å²) in [5.41, 5.74) is 6.36. The number of β-amino-alcohol motifs (C(OH)–C–C–N with tert-alkyl or cyclic N) is 1. The van der Waals surface area contributed by atoms with Gasteiger partial charge in [-0.05, 0) is 103 Å². The Labute approximate surface area is 311 Å². The number of alkyl halides is 1. The first-order chi connectivity index (χ1) is 25.6. The smallest absolute Gasteiger partial charge is 0.318 e. The normalized spacial score (nSPS) is 25.4. The van der Waals surface area contributed by atoms with Crippen molar-refractivity contribution in [3.63, 3.8) is 0 Å². The lowest BCUT2D eigenvalue weighted by molar-refractivity contribution is -0.0123. The Morgan fingerprint density at radius 3 is 2.70 bits per heavy atom. The highest BCUT2D eigenvalue weighted by Crippen LogP contribution is 2.65. The summed E-state index contributed by atoms with van der Waals surface area (Å²) in [4.78, 5) is 19.8. The van der Waals surface area contributed by atoms with Gasteiger partial charge >= 0.3 is 6.01 Å². The van der Waals surface area contributed by atoms with Crippen LogP contribution in [0.2, 0.25) is 0 Å². The molecule has 53 heavy (non-hydrogen) atoms. The fourth-order valence-electron chi connectivity index (χ4n) is 9.78. The van der Waals surface area contributed by atoms with Crippen LogP contribution in [0.15, 0.2) is 37.0 Å². The quantitative estimate of drug-likeness (QED) is 0.206. The van der Waals surface area contributed by atoms with E-state index in [0.29, 0.717) is 57.1 Å². The maximum absolute atomic E-state index is 15.6. The van der Waals surface area contributed by atoms with Crippen molar-refractivity contribution in [3.8, 4) is 28.4 Å². The summed E-state index contributed by atoms with van der Waals surface area (Å²) in [7, 11) is 0. The molecule has 3 saturated heterocycles. The molecule has 1 spiro atoms. The highest BCUT2D eigenvalue weighted by atomic mass is 19.1. The van der Waals surface area contributed by atoms with Gasteiger partial charge in [-0.1, -0.05) is 45.6 Å². The summed E-state index contributed by atoms with van der Waals surface area (Å²) in [6.45, 7) is 17.2. The maximum atomic E-state index is 15.6. The summed E-state index contributed by atoms with van der Waals surface area (Å²) >= 11 is 0. The highest BCUT2D eigenvalue weighted by molar-refractivity contribution is 6.05. The van der Waals surface area contributed by atoms with Crippen LogP contribution in [0, 0.1) is 12.7 Å². The number of halogens is 2. The molecule has 5 aliphatic rings. The third kappa shape index (κ3) is 5.74. The molecule has 4 aromatic rings. The Balaban J connectivity index is 0.00000197. The molecule has 2 aromatic carbocycles. The minimum absolute atomic E-state index is 0.221. The summed E-state index contributed by atoms with van der Waals surface area (Å²) < 4.78 is 42.6. The molecule has 10 heteroatoms. The van der Waals surface area contributed by atoms with Crippen molar-refractivity contribution in [2.75, 3.05) is 50.9 Å². The second kappa shape index (κ2) is 13.4. The van der Waals surface area contributed by atoms with Crippen molar-refractivity contribution in [3.05, 3.63) is 70.8 Å². The number of aliphatic hydroxyl groups is 1. The van der Waals surface area contributed by atoms with E-state index in [0.717, 1.165) is 87.8 Å². The van der Waals surface area contributed by atoms with Crippen LogP contribution < -0.4 is 9.64 Å². The van der Waals surface area contributed by atoms with Crippen molar-refractivity contribution in [2.24, 2.45) is 0 Å². The molecule has 2 aromatic heterocycles. The number of hydrogen-bond donors (Lipinski definition) is 1. The number of nitrogens with zero attached hydrogens (tertiary/aromatic N) is 5. The van der Waals surface area contributed by atoms with E-state index in [4.69, 9.17) is 24.4 Å². The minimum atomic E-state index is -1.10. The molecule has 1 saturated carbocycles. The third-order valence-electron chi connectivity index (χ3n) is 12.2. The second-order valence-corrected chi connectivity index (χ2v) is 15.7. The molecular formula is C43H51F2N5O3. The average Bonchev–Trinajstić information content (AvgIpc) is 3.73. The van der Waals surface area contributed by atoms with Crippen LogP contribution in [0.4, 0.5) is 14.6 Å². The Morgan fingerprint density at radius 2 is 1.94 bits per heavy atom. The molecule has 280 valence electrons. The van der Waals surface area contributed by atoms with Crippen LogP contribution >= 0.6 is 0 Å². The molecule has 4 fully saturated rings. The van der Waals surface area contributed by atoms with Crippen LogP contribution in [0.5, 0.6) is 6.01 Å². The number of aromatic nitrogens is 3. The largest absolute Gasteiger partial charge is 0.461 e. The number of rotatable bonds is 7. The van der Waals surface area contributed by atoms with Crippen molar-refractivity contribution >= 4 is 22.7 Å². The lowest BCUT2D eigenvalue weighted by atomic mass is 9.84. The van der Waals surface area contributed by atoms with Crippen molar-refractivity contribution in [2.45, 2.75) is 95.9 Å². The number of aryl methyl sites for hydroxylation is 2. The van der Waals surface area contributed by atoms with Crippen LogP contribution in [0.1, 0.15) is 87.7 Å². The zero-order chi connectivity index (χ0) is 37.3. The molecule has 5 heterocycles. The average molecular weight is 724 g/mol. The molecule has 0 bridgehead atoms. The van der Waals surface area contributed by atoms with Gasteiger partial charge in [0, 0.05) is 42.2 Å². The molecular weight excluding hydrogens is 673 g/mol. The zero-order valence-electron chi connectivity index (χ0n) is 31.7. The zero-order valence-corrected chi connectivity index (χ0v) is 31.7. The predicted molar refractivity (Wildman–Crippen MR) is 206 cm³/mol. The van der Waals surface area contributed by atoms with E-state index in [1.54, 1.807) is 13.0 Å². The topological polar surface area (TPSA) is 83.8 Å². The SMILES string of the molecule is C=Cc1c(C)cc2ccc(F)c(CC)c2c1-c1nccc2c1C1(CC1)c1nc(OC[C@@]34CCCN3C[C@H](F)C4)nc(N3CCOC[C@@](C)(O)C3)c1-2.CC. The number of ether oxygens (including phenoxy) is 2. The van der Waals surface area contributed by atoms with Gasteiger partial charge in [0.25, 0.3) is 0 Å². The van der Waals surface area contributed by atoms with Gasteiger partial charge in [-0.15, -0.1) is 0 Å². The molecule has 2 aliphatic carbocycles. The van der Waals surface area contributed by atoms with E-state index in [2.05, 4.69) is 29.4 Å². The standard InChI is InChI=1S/C41H45F2N5O3.C2H6/c1-5-27-24(3)18-25-8-9-30(43)28(6-2)31(25)32(27)35-34-29(10-14-44-35)33-36(41(34)12-13-41)45-38(46-37(33)47-16-17-50-22-39(4,49)21-47)51-23-40-11-7-15-48(40)20-26(42)19-40;1-2/h5,8-10,14,18,26,49H,1,6-7,11-13,15-17,19-23H2,2-4H3;1-2H3/t26-,39+,40+;/m1./s1. The minimum Gasteiger partial charge on any atom is -0.461 e. The van der Waals surface area contributed by atoms with Gasteiger partial charge in [-0.3, -0.25) is 9.88 Å². The first-order valence-corrected chi connectivity index (χ1v) is 19.4. The van der Waals surface area contributed by atoms with Gasteiger partial charge in [0.2, 0.25) is 0 Å². The van der Waals surface area contributed by atoms with E-state index in [1.807, 2.05) is 45.2 Å². The first-order valence-electron chi connectivity index (χ1n) is 19.4. The molecule has 3 atom stereocenters. The van der Waals surface area contributed by atoms with E-state index in [9.17, 15) is 9.50 Å². The fourth-order valence-corrected chi connectivity index (χ4v) is 9.78. The maximum Gasteiger partial charge on any atom is 0.318 e. The molecule has 0 radical (unpaired) electrons. The van der Waals surface area contributed by atoms with E-state index in [-0.39, 0.29) is 24.0 Å². The van der Waals surface area contributed by atoms with Gasteiger partial charge in [-0.25, -0.2) is 8.78 Å². The lowest BCUT2D eigenvalue weighted by Crippen LogP contribution is -2.44. The van der Waals surface area contributed by atoms with E-state index >= 15 is 4.39 Å². The Kier molecular flexibility index (Phi) is 9.10. The first kappa shape index (κ1) is 36.0. The fraction of sp³-hybridized carbons (Fsp3) is 0.512. The van der Waals surface area contributed by atoms with Gasteiger partial charge < -0.3 is 19.5 Å². The van der Waals surface area contributed by atoms with E-state index < -0.39 is 17.2 Å². The molecule has 8 nitrogen and oxygen atoms in total. The Morgan fingerprint density at radius 1 is 1.13 bits per heavy atom. The van der Waals surface area contributed by atoms with Gasteiger partial charge in [0.15, 0.2) is 0 Å². The van der Waals surface area contributed by atoms with Crippen molar-refractivity contribution in [1.82, 2.24) is 19.9 Å². The molecule has 0 unspecified atom stereocenters. The van der Waals surface area contributed by atoms with Gasteiger partial charge in [0.1, 0.15) is 30.0 Å². The van der Waals surface area contributed by atoms with E-state index in [1.165, 1.54) is 0 Å². The predicted octanol–water partition coefficient (Wildman–Crippen LogP) is 7.97. The number of pyridine rings is 1. The molecule has 9 rings (SSSR count). The third-order valence-corrected chi connectivity index (χ3v) is 12.2. The second-order valence-electron chi connectivity index (χ2n) is 15.7. The number of hydrogen-bond acceptors (Lipinski definition) is 8. The highest BCUT2D eigenvalue weighted by Gasteiger charge is 2.57. The van der Waals surface area contributed by atoms with Gasteiger partial charge in [0.05, 0.1) is 36.7 Å². The van der Waals surface area contributed by atoms with Gasteiger partial charge in [-0.2, -0.15) is 9.97 Å². The van der Waals surface area contributed by atoms with Crippen LogP contribution in [-0.4, -0.2) is 88.3 Å². The summed E-state index contributed by atoms with van der Waals surface area (Å²) in [5, 5.41) is 13.1. The summed E-state index contributed by atoms with van der Waals surface area (Å²) in [5.74, 6) is 0.464. The number of benzene rings is 2.